The first kappa shape index (κ1) is 13.5. The van der Waals surface area contributed by atoms with Gasteiger partial charge in [0.05, 0.1) is 5.69 Å². The minimum absolute atomic E-state index is 0.234. The Morgan fingerprint density at radius 2 is 1.81 bits per heavy atom. The monoisotopic (exact) mass is 282 g/mol. The van der Waals surface area contributed by atoms with Gasteiger partial charge in [-0.1, -0.05) is 0 Å². The Balaban J connectivity index is 1.67. The fourth-order valence-corrected chi connectivity index (χ4v) is 2.10. The van der Waals surface area contributed by atoms with Crippen LogP contribution in [0.25, 0.3) is 0 Å². The molecule has 0 spiro atoms. The molecule has 2 aromatic rings. The molecule has 0 unspecified atom stereocenters. The second-order valence-corrected chi connectivity index (χ2v) is 5.51. The Hall–Kier alpha value is -2.43. The first-order chi connectivity index (χ1) is 10.1. The molecule has 1 aliphatic rings. The van der Waals surface area contributed by atoms with E-state index in [1.165, 1.54) is 12.8 Å². The summed E-state index contributed by atoms with van der Waals surface area (Å²) in [7, 11) is 3.95. The Morgan fingerprint density at radius 1 is 1.10 bits per heavy atom. The van der Waals surface area contributed by atoms with E-state index in [-0.39, 0.29) is 5.91 Å². The van der Waals surface area contributed by atoms with Crippen molar-refractivity contribution in [2.45, 2.75) is 18.8 Å². The molecular formula is C16H18N4O. The van der Waals surface area contributed by atoms with Crippen molar-refractivity contribution in [1.29, 1.82) is 0 Å². The first-order valence-electron chi connectivity index (χ1n) is 7.06. The highest BCUT2D eigenvalue weighted by atomic mass is 16.1. The van der Waals surface area contributed by atoms with Gasteiger partial charge < -0.3 is 10.2 Å². The molecule has 3 rings (SSSR count). The van der Waals surface area contributed by atoms with E-state index in [0.717, 1.165) is 17.1 Å². The van der Waals surface area contributed by atoms with Gasteiger partial charge in [0, 0.05) is 31.4 Å². The topological polar surface area (TPSA) is 58.1 Å². The predicted octanol–water partition coefficient (Wildman–Crippen LogP) is 2.67. The van der Waals surface area contributed by atoms with Crippen LogP contribution in [-0.2, 0) is 0 Å². The zero-order valence-corrected chi connectivity index (χ0v) is 12.2. The van der Waals surface area contributed by atoms with Crippen LogP contribution in [0.1, 0.15) is 34.9 Å². The van der Waals surface area contributed by atoms with Crippen LogP contribution >= 0.6 is 0 Å². The number of carbonyl (C=O) groups is 1. The normalized spacial score (nSPS) is 13.8. The molecule has 5 heteroatoms. The molecule has 5 nitrogen and oxygen atoms in total. The van der Waals surface area contributed by atoms with E-state index < -0.39 is 0 Å². The number of hydrogen-bond donors (Lipinski definition) is 1. The summed E-state index contributed by atoms with van der Waals surface area (Å²) in [6.07, 6.45) is 2.36. The minimum atomic E-state index is -0.234. The standard InChI is InChI=1S/C16H18N4O/c1-20(2)13-7-5-12(6-8-13)17-16(21)15-10-9-14(18-19-15)11-3-4-11/h5-11H,3-4H2,1-2H3,(H,17,21). The van der Waals surface area contributed by atoms with Crippen LogP contribution in [0, 0.1) is 0 Å². The van der Waals surface area contributed by atoms with Gasteiger partial charge in [-0.3, -0.25) is 4.79 Å². The van der Waals surface area contributed by atoms with E-state index in [2.05, 4.69) is 15.5 Å². The summed E-state index contributed by atoms with van der Waals surface area (Å²) < 4.78 is 0. The average Bonchev–Trinajstić information content (AvgIpc) is 3.32. The molecule has 1 N–H and O–H groups in total. The van der Waals surface area contributed by atoms with Crippen LogP contribution < -0.4 is 10.2 Å². The van der Waals surface area contributed by atoms with Crippen molar-refractivity contribution in [3.8, 4) is 0 Å². The fourth-order valence-electron chi connectivity index (χ4n) is 2.10. The molecular weight excluding hydrogens is 264 g/mol. The summed E-state index contributed by atoms with van der Waals surface area (Å²) in [5.74, 6) is 0.315. The number of anilines is 2. The molecule has 1 fully saturated rings. The van der Waals surface area contributed by atoms with E-state index in [1.54, 1.807) is 6.07 Å². The molecule has 108 valence electrons. The number of hydrogen-bond acceptors (Lipinski definition) is 4. The third-order valence-electron chi connectivity index (χ3n) is 3.56. The number of nitrogens with one attached hydrogen (secondary N) is 1. The van der Waals surface area contributed by atoms with Crippen molar-refractivity contribution in [2.24, 2.45) is 0 Å². The molecule has 0 aliphatic heterocycles. The van der Waals surface area contributed by atoms with Gasteiger partial charge >= 0.3 is 0 Å². The summed E-state index contributed by atoms with van der Waals surface area (Å²) in [5, 5.41) is 11.0. The van der Waals surface area contributed by atoms with Crippen molar-refractivity contribution >= 4 is 17.3 Å². The maximum Gasteiger partial charge on any atom is 0.276 e. The fraction of sp³-hybridized carbons (Fsp3) is 0.312. The molecule has 1 heterocycles. The third-order valence-corrected chi connectivity index (χ3v) is 3.56. The lowest BCUT2D eigenvalue weighted by Gasteiger charge is -2.12. The van der Waals surface area contributed by atoms with Crippen LogP contribution in [0.2, 0.25) is 0 Å². The molecule has 0 radical (unpaired) electrons. The molecule has 0 bridgehead atoms. The predicted molar refractivity (Wildman–Crippen MR) is 82.7 cm³/mol. The van der Waals surface area contributed by atoms with Gasteiger partial charge in [-0.15, -0.1) is 5.10 Å². The lowest BCUT2D eigenvalue weighted by molar-refractivity contribution is 0.102. The second kappa shape index (κ2) is 5.52. The molecule has 0 atom stereocenters. The zero-order chi connectivity index (χ0) is 14.8. The molecule has 1 aromatic carbocycles. The van der Waals surface area contributed by atoms with Crippen LogP contribution in [0.5, 0.6) is 0 Å². The highest BCUT2D eigenvalue weighted by Gasteiger charge is 2.25. The van der Waals surface area contributed by atoms with E-state index in [1.807, 2.05) is 49.3 Å². The Morgan fingerprint density at radius 3 is 2.33 bits per heavy atom. The van der Waals surface area contributed by atoms with Crippen LogP contribution in [0.4, 0.5) is 11.4 Å². The summed E-state index contributed by atoms with van der Waals surface area (Å²) in [5.41, 5.74) is 3.17. The summed E-state index contributed by atoms with van der Waals surface area (Å²) in [4.78, 5) is 14.1. The van der Waals surface area contributed by atoms with Crippen molar-refractivity contribution in [3.63, 3.8) is 0 Å². The number of nitrogens with zero attached hydrogens (tertiary/aromatic N) is 3. The highest BCUT2D eigenvalue weighted by Crippen LogP contribution is 2.38. The largest absolute Gasteiger partial charge is 0.378 e. The molecule has 1 saturated carbocycles. The quantitative estimate of drug-likeness (QED) is 0.936. The van der Waals surface area contributed by atoms with E-state index in [0.29, 0.717) is 11.6 Å². The highest BCUT2D eigenvalue weighted by molar-refractivity contribution is 6.02. The summed E-state index contributed by atoms with van der Waals surface area (Å²) in [6, 6.07) is 11.3. The van der Waals surface area contributed by atoms with E-state index in [9.17, 15) is 4.79 Å². The maximum absolute atomic E-state index is 12.1. The van der Waals surface area contributed by atoms with Gasteiger partial charge in [0.2, 0.25) is 0 Å². The van der Waals surface area contributed by atoms with Gasteiger partial charge in [-0.25, -0.2) is 0 Å². The average molecular weight is 282 g/mol. The number of amides is 1. The van der Waals surface area contributed by atoms with Crippen LogP contribution in [0.15, 0.2) is 36.4 Å². The summed E-state index contributed by atoms with van der Waals surface area (Å²) in [6.45, 7) is 0. The SMILES string of the molecule is CN(C)c1ccc(NC(=O)c2ccc(C3CC3)nn2)cc1. The summed E-state index contributed by atoms with van der Waals surface area (Å²) >= 11 is 0. The molecule has 1 aliphatic carbocycles. The van der Waals surface area contributed by atoms with Crippen molar-refractivity contribution < 1.29 is 4.79 Å². The minimum Gasteiger partial charge on any atom is -0.378 e. The van der Waals surface area contributed by atoms with Crippen molar-refractivity contribution in [3.05, 3.63) is 47.8 Å². The smallest absolute Gasteiger partial charge is 0.276 e. The van der Waals surface area contributed by atoms with Gasteiger partial charge in [0.1, 0.15) is 0 Å². The number of carbonyl (C=O) groups excluding carboxylic acids is 1. The number of rotatable bonds is 4. The van der Waals surface area contributed by atoms with Crippen LogP contribution in [0.3, 0.4) is 0 Å². The third kappa shape index (κ3) is 3.18. The lowest BCUT2D eigenvalue weighted by atomic mass is 10.2. The molecule has 0 saturated heterocycles. The zero-order valence-electron chi connectivity index (χ0n) is 12.2. The molecule has 1 aromatic heterocycles. The van der Waals surface area contributed by atoms with Gasteiger partial charge in [-0.2, -0.15) is 5.10 Å². The lowest BCUT2D eigenvalue weighted by Crippen LogP contribution is -2.15. The van der Waals surface area contributed by atoms with Gasteiger partial charge in [-0.05, 0) is 49.2 Å². The number of aromatic nitrogens is 2. The molecule has 21 heavy (non-hydrogen) atoms. The molecule has 1 amide bonds. The Bertz CT molecular complexity index is 630. The van der Waals surface area contributed by atoms with Crippen molar-refractivity contribution in [2.75, 3.05) is 24.3 Å². The Labute approximate surface area is 124 Å². The van der Waals surface area contributed by atoms with E-state index in [4.69, 9.17) is 0 Å². The first-order valence-corrected chi connectivity index (χ1v) is 7.06. The second-order valence-electron chi connectivity index (χ2n) is 5.51. The Kier molecular flexibility index (Phi) is 3.56. The number of benzene rings is 1. The van der Waals surface area contributed by atoms with Gasteiger partial charge in [0.15, 0.2) is 5.69 Å². The van der Waals surface area contributed by atoms with Crippen molar-refractivity contribution in [1.82, 2.24) is 10.2 Å². The van der Waals surface area contributed by atoms with Gasteiger partial charge in [0.25, 0.3) is 5.91 Å². The van der Waals surface area contributed by atoms with Crippen LogP contribution in [-0.4, -0.2) is 30.2 Å². The maximum atomic E-state index is 12.1. The van der Waals surface area contributed by atoms with E-state index >= 15 is 0 Å².